The van der Waals surface area contributed by atoms with E-state index in [-0.39, 0.29) is 19.2 Å². The Morgan fingerprint density at radius 1 is 1.26 bits per heavy atom. The van der Waals surface area contributed by atoms with Gasteiger partial charge in [0, 0.05) is 5.56 Å². The molecule has 120 valence electrons. The van der Waals surface area contributed by atoms with Crippen LogP contribution >= 0.6 is 11.6 Å². The van der Waals surface area contributed by atoms with Crippen molar-refractivity contribution in [1.82, 2.24) is 0 Å². The van der Waals surface area contributed by atoms with E-state index in [1.807, 2.05) is 0 Å². The lowest BCUT2D eigenvalue weighted by Crippen LogP contribution is -2.13. The fourth-order valence-corrected chi connectivity index (χ4v) is 2.38. The normalized spacial score (nSPS) is 13.0. The minimum Gasteiger partial charge on any atom is -0.497 e. The zero-order valence-electron chi connectivity index (χ0n) is 12.4. The van der Waals surface area contributed by atoms with Gasteiger partial charge in [0.1, 0.15) is 12.4 Å². The zero-order valence-corrected chi connectivity index (χ0v) is 13.2. The van der Waals surface area contributed by atoms with E-state index in [4.69, 9.17) is 36.4 Å². The fraction of sp³-hybridized carbons (Fsp3) is 0.188. The molecule has 0 spiro atoms. The molecule has 2 aromatic carbocycles. The Labute approximate surface area is 138 Å². The minimum atomic E-state index is 0.169. The smallest absolute Gasteiger partial charge is 0.231 e. The molecule has 0 atom stereocenters. The van der Waals surface area contributed by atoms with Crippen molar-refractivity contribution in [3.8, 4) is 17.2 Å². The van der Waals surface area contributed by atoms with Crippen LogP contribution in [-0.4, -0.2) is 19.7 Å². The zero-order chi connectivity index (χ0) is 16.2. The third-order valence-corrected chi connectivity index (χ3v) is 3.55. The highest BCUT2D eigenvalue weighted by atomic mass is 35.5. The van der Waals surface area contributed by atoms with Crippen molar-refractivity contribution >= 4 is 17.4 Å². The molecule has 0 fully saturated rings. The van der Waals surface area contributed by atoms with Gasteiger partial charge in [-0.3, -0.25) is 0 Å². The standard InChI is InChI=1S/C16H15ClN2O4/c1-20-12-4-2-11(3-5-12)16(18)19-23-8-10-6-13(17)15-14(7-10)21-9-22-15/h2-7H,8-9H2,1H3,(H2,18,19). The molecule has 0 unspecified atom stereocenters. The number of hydrogen-bond donors (Lipinski definition) is 1. The maximum atomic E-state index is 6.11. The number of oxime groups is 1. The van der Waals surface area contributed by atoms with Crippen LogP contribution in [0.3, 0.4) is 0 Å². The number of rotatable bonds is 5. The summed E-state index contributed by atoms with van der Waals surface area (Å²) in [5.74, 6) is 2.18. The van der Waals surface area contributed by atoms with Crippen molar-refractivity contribution in [2.75, 3.05) is 13.9 Å². The molecule has 23 heavy (non-hydrogen) atoms. The second-order valence-corrected chi connectivity index (χ2v) is 5.20. The van der Waals surface area contributed by atoms with E-state index in [1.54, 1.807) is 43.5 Å². The second-order valence-electron chi connectivity index (χ2n) is 4.79. The van der Waals surface area contributed by atoms with Crippen LogP contribution in [0.5, 0.6) is 17.2 Å². The lowest BCUT2D eigenvalue weighted by atomic mass is 10.2. The Kier molecular flexibility index (Phi) is 4.43. The van der Waals surface area contributed by atoms with Crippen molar-refractivity contribution in [2.24, 2.45) is 10.9 Å². The molecule has 3 rings (SSSR count). The third kappa shape index (κ3) is 3.43. The second kappa shape index (κ2) is 6.66. The molecule has 2 aromatic rings. The number of methoxy groups -OCH3 is 1. The largest absolute Gasteiger partial charge is 0.497 e. The molecule has 1 aliphatic rings. The van der Waals surface area contributed by atoms with Crippen LogP contribution in [0.4, 0.5) is 0 Å². The number of nitrogens with zero attached hydrogens (tertiary/aromatic N) is 1. The van der Waals surface area contributed by atoms with E-state index in [0.29, 0.717) is 16.5 Å². The minimum absolute atomic E-state index is 0.169. The highest BCUT2D eigenvalue weighted by molar-refractivity contribution is 6.32. The Balaban J connectivity index is 1.65. The average molecular weight is 335 g/mol. The van der Waals surface area contributed by atoms with Crippen LogP contribution in [0, 0.1) is 0 Å². The summed E-state index contributed by atoms with van der Waals surface area (Å²) < 4.78 is 15.6. The molecule has 6 nitrogen and oxygen atoms in total. The van der Waals surface area contributed by atoms with Crippen molar-refractivity contribution < 1.29 is 19.0 Å². The van der Waals surface area contributed by atoms with Crippen LogP contribution in [0.1, 0.15) is 11.1 Å². The van der Waals surface area contributed by atoms with Crippen LogP contribution in [0.15, 0.2) is 41.6 Å². The van der Waals surface area contributed by atoms with Gasteiger partial charge in [0.2, 0.25) is 6.79 Å². The van der Waals surface area contributed by atoms with Gasteiger partial charge in [0.15, 0.2) is 17.3 Å². The summed E-state index contributed by atoms with van der Waals surface area (Å²) in [6, 6.07) is 10.8. The van der Waals surface area contributed by atoms with Crippen LogP contribution in [0.2, 0.25) is 5.02 Å². The first-order valence-electron chi connectivity index (χ1n) is 6.85. The highest BCUT2D eigenvalue weighted by Crippen LogP contribution is 2.39. The lowest BCUT2D eigenvalue weighted by molar-refractivity contribution is 0.130. The summed E-state index contributed by atoms with van der Waals surface area (Å²) >= 11 is 6.11. The van der Waals surface area contributed by atoms with E-state index in [2.05, 4.69) is 5.16 Å². The maximum absolute atomic E-state index is 6.11. The van der Waals surface area contributed by atoms with Gasteiger partial charge < -0.3 is 24.8 Å². The van der Waals surface area contributed by atoms with Crippen molar-refractivity contribution in [1.29, 1.82) is 0 Å². The van der Waals surface area contributed by atoms with Gasteiger partial charge in [0.05, 0.1) is 12.1 Å². The summed E-state index contributed by atoms with van der Waals surface area (Å²) in [7, 11) is 1.60. The first kappa shape index (κ1) is 15.3. The quantitative estimate of drug-likeness (QED) is 0.517. The Hall–Kier alpha value is -2.60. The summed E-state index contributed by atoms with van der Waals surface area (Å²) in [4.78, 5) is 5.28. The molecule has 0 saturated carbocycles. The predicted molar refractivity (Wildman–Crippen MR) is 86.1 cm³/mol. The molecule has 0 saturated heterocycles. The Morgan fingerprint density at radius 3 is 2.78 bits per heavy atom. The molecule has 2 N–H and O–H groups in total. The molecule has 0 aliphatic carbocycles. The summed E-state index contributed by atoms with van der Waals surface area (Å²) in [5, 5.41) is 4.38. The van der Waals surface area contributed by atoms with Gasteiger partial charge >= 0.3 is 0 Å². The third-order valence-electron chi connectivity index (χ3n) is 3.27. The van der Waals surface area contributed by atoms with Crippen molar-refractivity contribution in [3.63, 3.8) is 0 Å². The molecule has 0 amide bonds. The Morgan fingerprint density at radius 2 is 2.04 bits per heavy atom. The van der Waals surface area contributed by atoms with E-state index in [0.717, 1.165) is 16.9 Å². The predicted octanol–water partition coefficient (Wildman–Crippen LogP) is 2.91. The number of amidine groups is 1. The number of benzene rings is 2. The van der Waals surface area contributed by atoms with Gasteiger partial charge in [-0.1, -0.05) is 16.8 Å². The summed E-state index contributed by atoms with van der Waals surface area (Å²) in [6.07, 6.45) is 0. The maximum Gasteiger partial charge on any atom is 0.231 e. The molecular formula is C16H15ClN2O4. The fourth-order valence-electron chi connectivity index (χ4n) is 2.09. The number of fused-ring (bicyclic) bond motifs is 1. The number of hydrogen-bond acceptors (Lipinski definition) is 5. The molecule has 0 bridgehead atoms. The van der Waals surface area contributed by atoms with Gasteiger partial charge in [-0.2, -0.15) is 0 Å². The summed E-state index contributed by atoms with van der Waals surface area (Å²) in [5.41, 5.74) is 7.44. The van der Waals surface area contributed by atoms with Gasteiger partial charge in [0.25, 0.3) is 0 Å². The highest BCUT2D eigenvalue weighted by Gasteiger charge is 2.18. The number of ether oxygens (including phenoxy) is 3. The lowest BCUT2D eigenvalue weighted by Gasteiger charge is -2.06. The van der Waals surface area contributed by atoms with Gasteiger partial charge in [-0.15, -0.1) is 0 Å². The van der Waals surface area contributed by atoms with Crippen molar-refractivity contribution in [2.45, 2.75) is 6.61 Å². The molecule has 0 aromatic heterocycles. The summed E-state index contributed by atoms with van der Waals surface area (Å²) in [6.45, 7) is 0.384. The molecule has 0 radical (unpaired) electrons. The first-order chi connectivity index (χ1) is 11.2. The molecule has 7 heteroatoms. The molecule has 1 aliphatic heterocycles. The van der Waals surface area contributed by atoms with Crippen LogP contribution < -0.4 is 19.9 Å². The monoisotopic (exact) mass is 334 g/mol. The van der Waals surface area contributed by atoms with Crippen LogP contribution in [-0.2, 0) is 11.4 Å². The number of halogens is 1. The van der Waals surface area contributed by atoms with Crippen molar-refractivity contribution in [3.05, 3.63) is 52.5 Å². The average Bonchev–Trinajstić information content (AvgIpc) is 3.04. The topological polar surface area (TPSA) is 75.3 Å². The van der Waals surface area contributed by atoms with E-state index in [9.17, 15) is 0 Å². The van der Waals surface area contributed by atoms with E-state index >= 15 is 0 Å². The molecular weight excluding hydrogens is 320 g/mol. The SMILES string of the molecule is COc1ccc(C(N)=NOCc2cc(Cl)c3c(c2)OCO3)cc1. The Bertz CT molecular complexity index is 732. The molecule has 1 heterocycles. The van der Waals surface area contributed by atoms with E-state index < -0.39 is 0 Å². The van der Waals surface area contributed by atoms with Crippen LogP contribution in [0.25, 0.3) is 0 Å². The number of nitrogens with two attached hydrogens (primary N) is 1. The van der Waals surface area contributed by atoms with Gasteiger partial charge in [-0.05, 0) is 42.0 Å². The van der Waals surface area contributed by atoms with E-state index in [1.165, 1.54) is 0 Å². The first-order valence-corrected chi connectivity index (χ1v) is 7.23. The van der Waals surface area contributed by atoms with Gasteiger partial charge in [-0.25, -0.2) is 0 Å².